The molecule has 1 aromatic rings. The van der Waals surface area contributed by atoms with Crippen LogP contribution in [-0.4, -0.2) is 5.91 Å². The molecule has 1 fully saturated rings. The van der Waals surface area contributed by atoms with E-state index in [2.05, 4.69) is 28.8 Å². The van der Waals surface area contributed by atoms with Gasteiger partial charge in [0.15, 0.2) is 0 Å². The molecule has 0 atom stereocenters. The first-order valence-electron chi connectivity index (χ1n) is 8.89. The van der Waals surface area contributed by atoms with Gasteiger partial charge in [-0.3, -0.25) is 4.79 Å². The molecule has 0 aromatic heterocycles. The number of benzene rings is 1. The van der Waals surface area contributed by atoms with E-state index in [4.69, 9.17) is 0 Å². The summed E-state index contributed by atoms with van der Waals surface area (Å²) in [6, 6.07) is 6.53. The zero-order valence-electron chi connectivity index (χ0n) is 13.5. The Bertz CT molecular complexity index is 506. The highest BCUT2D eigenvalue weighted by atomic mass is 16.1. The van der Waals surface area contributed by atoms with Crippen LogP contribution >= 0.6 is 0 Å². The molecule has 1 heterocycles. The number of nitrogens with one attached hydrogen (secondary N) is 2. The minimum atomic E-state index is 0.203. The molecule has 0 saturated heterocycles. The summed E-state index contributed by atoms with van der Waals surface area (Å²) in [6.07, 6.45) is 9.92. The summed E-state index contributed by atoms with van der Waals surface area (Å²) in [7, 11) is 0. The second-order valence-electron chi connectivity index (χ2n) is 6.88. The van der Waals surface area contributed by atoms with Gasteiger partial charge in [0, 0.05) is 26.1 Å². The average molecular weight is 300 g/mol. The van der Waals surface area contributed by atoms with Crippen molar-refractivity contribution in [2.75, 3.05) is 0 Å². The molecule has 1 aliphatic heterocycles. The van der Waals surface area contributed by atoms with Crippen LogP contribution in [0.3, 0.4) is 0 Å². The van der Waals surface area contributed by atoms with E-state index in [1.807, 2.05) is 0 Å². The monoisotopic (exact) mass is 300 g/mol. The lowest BCUT2D eigenvalue weighted by atomic mass is 9.86. The van der Waals surface area contributed by atoms with Crippen molar-refractivity contribution < 1.29 is 4.79 Å². The molecule has 0 spiro atoms. The first-order chi connectivity index (χ1) is 10.8. The highest BCUT2D eigenvalue weighted by molar-refractivity contribution is 5.75. The second kappa shape index (κ2) is 7.77. The van der Waals surface area contributed by atoms with Gasteiger partial charge < -0.3 is 10.6 Å². The third kappa shape index (κ3) is 4.33. The van der Waals surface area contributed by atoms with Gasteiger partial charge in [-0.05, 0) is 35.4 Å². The maximum Gasteiger partial charge on any atom is 0.220 e. The van der Waals surface area contributed by atoms with E-state index in [1.54, 1.807) is 0 Å². The maximum absolute atomic E-state index is 12.0. The van der Waals surface area contributed by atoms with Crippen molar-refractivity contribution in [2.45, 2.75) is 71.0 Å². The van der Waals surface area contributed by atoms with Crippen molar-refractivity contribution in [3.05, 3.63) is 34.9 Å². The fraction of sp³-hybridized carbons (Fsp3) is 0.632. The lowest BCUT2D eigenvalue weighted by molar-refractivity contribution is -0.121. The zero-order chi connectivity index (χ0) is 15.2. The molecule has 22 heavy (non-hydrogen) atoms. The highest BCUT2D eigenvalue weighted by Crippen LogP contribution is 2.27. The molecule has 3 rings (SSSR count). The lowest BCUT2D eigenvalue weighted by Gasteiger charge is -2.21. The summed E-state index contributed by atoms with van der Waals surface area (Å²) < 4.78 is 0. The molecule has 0 bridgehead atoms. The number of carbonyl (C=O) groups excluding carboxylic acids is 1. The fourth-order valence-corrected chi connectivity index (χ4v) is 3.77. The molecule has 0 radical (unpaired) electrons. The summed E-state index contributed by atoms with van der Waals surface area (Å²) in [4.78, 5) is 12.0. The minimum absolute atomic E-state index is 0.203. The molecule has 2 N–H and O–H groups in total. The van der Waals surface area contributed by atoms with Gasteiger partial charge in [-0.2, -0.15) is 0 Å². The number of rotatable bonds is 6. The second-order valence-corrected chi connectivity index (χ2v) is 6.88. The fourth-order valence-electron chi connectivity index (χ4n) is 3.77. The van der Waals surface area contributed by atoms with E-state index < -0.39 is 0 Å². The van der Waals surface area contributed by atoms with Crippen LogP contribution in [-0.2, 0) is 24.4 Å². The van der Waals surface area contributed by atoms with Crippen molar-refractivity contribution in [2.24, 2.45) is 5.92 Å². The molecule has 1 amide bonds. The first-order valence-corrected chi connectivity index (χ1v) is 8.89. The topological polar surface area (TPSA) is 41.1 Å². The van der Waals surface area contributed by atoms with Crippen LogP contribution in [0.25, 0.3) is 0 Å². The first kappa shape index (κ1) is 15.5. The number of hydrogen-bond acceptors (Lipinski definition) is 2. The Morgan fingerprint density at radius 1 is 1.14 bits per heavy atom. The summed E-state index contributed by atoms with van der Waals surface area (Å²) >= 11 is 0. The molecule has 2 aliphatic rings. The summed E-state index contributed by atoms with van der Waals surface area (Å²) in [6.45, 7) is 2.59. The van der Waals surface area contributed by atoms with E-state index in [1.165, 1.54) is 55.2 Å². The molecule has 120 valence electrons. The van der Waals surface area contributed by atoms with E-state index in [0.29, 0.717) is 13.0 Å². The van der Waals surface area contributed by atoms with Crippen LogP contribution in [0.15, 0.2) is 18.2 Å². The van der Waals surface area contributed by atoms with Gasteiger partial charge in [-0.25, -0.2) is 0 Å². The Balaban J connectivity index is 1.35. The van der Waals surface area contributed by atoms with Crippen LogP contribution in [0.5, 0.6) is 0 Å². The Morgan fingerprint density at radius 3 is 2.82 bits per heavy atom. The summed E-state index contributed by atoms with van der Waals surface area (Å²) in [5.74, 6) is 1.08. The predicted octanol–water partition coefficient (Wildman–Crippen LogP) is 3.66. The molecule has 3 heteroatoms. The van der Waals surface area contributed by atoms with Gasteiger partial charge in [0.25, 0.3) is 0 Å². The smallest absolute Gasteiger partial charge is 0.220 e. The number of hydrogen-bond donors (Lipinski definition) is 2. The van der Waals surface area contributed by atoms with Gasteiger partial charge in [-0.15, -0.1) is 0 Å². The van der Waals surface area contributed by atoms with Crippen LogP contribution in [0.1, 0.15) is 68.1 Å². The van der Waals surface area contributed by atoms with Crippen LogP contribution < -0.4 is 10.6 Å². The van der Waals surface area contributed by atoms with E-state index in [9.17, 15) is 4.79 Å². The predicted molar refractivity (Wildman–Crippen MR) is 89.3 cm³/mol. The summed E-state index contributed by atoms with van der Waals surface area (Å²) in [5, 5.41) is 6.42. The maximum atomic E-state index is 12.0. The molecule has 1 aliphatic carbocycles. The largest absolute Gasteiger partial charge is 0.352 e. The number of fused-ring (bicyclic) bond motifs is 1. The van der Waals surface area contributed by atoms with Crippen molar-refractivity contribution in [1.82, 2.24) is 10.6 Å². The van der Waals surface area contributed by atoms with E-state index >= 15 is 0 Å². The molecular weight excluding hydrogens is 272 g/mol. The van der Waals surface area contributed by atoms with Gasteiger partial charge in [0.1, 0.15) is 0 Å². The van der Waals surface area contributed by atoms with E-state index in [-0.39, 0.29) is 5.91 Å². The summed E-state index contributed by atoms with van der Waals surface area (Å²) in [5.41, 5.74) is 3.98. The van der Waals surface area contributed by atoms with Crippen molar-refractivity contribution >= 4 is 5.91 Å². The molecule has 3 nitrogen and oxygen atoms in total. The van der Waals surface area contributed by atoms with Gasteiger partial charge >= 0.3 is 0 Å². The van der Waals surface area contributed by atoms with Gasteiger partial charge in [0.05, 0.1) is 0 Å². The van der Waals surface area contributed by atoms with Gasteiger partial charge in [0.2, 0.25) is 5.91 Å². The minimum Gasteiger partial charge on any atom is -0.352 e. The molecule has 1 saturated carbocycles. The molecule has 0 unspecified atom stereocenters. The van der Waals surface area contributed by atoms with Gasteiger partial charge in [-0.1, -0.05) is 50.3 Å². The van der Waals surface area contributed by atoms with Crippen molar-refractivity contribution in [1.29, 1.82) is 0 Å². The van der Waals surface area contributed by atoms with Crippen molar-refractivity contribution in [3.63, 3.8) is 0 Å². The quantitative estimate of drug-likeness (QED) is 0.842. The van der Waals surface area contributed by atoms with Crippen LogP contribution in [0, 0.1) is 5.92 Å². The van der Waals surface area contributed by atoms with Crippen LogP contribution in [0.4, 0.5) is 0 Å². The normalized spacial score (nSPS) is 18.2. The van der Waals surface area contributed by atoms with E-state index in [0.717, 1.165) is 25.4 Å². The molecule has 1 aromatic carbocycles. The zero-order valence-corrected chi connectivity index (χ0v) is 13.5. The standard InChI is InChI=1S/C19H28N2O/c22-19(8-4-7-15-5-2-1-3-6-15)21-12-16-9-10-17-13-20-14-18(17)11-16/h9-11,15,20H,1-8,12-14H2,(H,21,22). The number of amides is 1. The Labute approximate surface area is 133 Å². The van der Waals surface area contributed by atoms with Crippen molar-refractivity contribution in [3.8, 4) is 0 Å². The SMILES string of the molecule is O=C(CCCC1CCCCC1)NCc1ccc2c(c1)CNC2. The average Bonchev–Trinajstić information content (AvgIpc) is 3.01. The highest BCUT2D eigenvalue weighted by Gasteiger charge is 2.14. The Hall–Kier alpha value is -1.35. The Kier molecular flexibility index (Phi) is 5.49. The van der Waals surface area contributed by atoms with Crippen LogP contribution in [0.2, 0.25) is 0 Å². The Morgan fingerprint density at radius 2 is 1.95 bits per heavy atom. The third-order valence-corrected chi connectivity index (χ3v) is 5.13. The number of carbonyl (C=O) groups is 1. The third-order valence-electron chi connectivity index (χ3n) is 5.13. The lowest BCUT2D eigenvalue weighted by Crippen LogP contribution is -2.22. The molecular formula is C19H28N2O.